The Labute approximate surface area is 50.8 Å². The average Bonchev–Trinajstić information content (AvgIpc) is 1.89. The van der Waals surface area contributed by atoms with Gasteiger partial charge in [-0.3, -0.25) is 0 Å². The lowest BCUT2D eigenvalue weighted by atomic mass is 10.7. The Hall–Kier alpha value is -0.660. The van der Waals surface area contributed by atoms with E-state index < -0.39 is 0 Å². The maximum Gasteiger partial charge on any atom is 0.128 e. The summed E-state index contributed by atoms with van der Waals surface area (Å²) in [6, 6.07) is 0. The minimum Gasteiger partial charge on any atom is -0.314 e. The van der Waals surface area contributed by atoms with Gasteiger partial charge in [0.25, 0.3) is 0 Å². The minimum absolute atomic E-state index is 1.18. The van der Waals surface area contributed by atoms with Crippen LogP contribution in [0.5, 0.6) is 0 Å². The Bertz CT molecular complexity index is 70.7. The van der Waals surface area contributed by atoms with Crippen LogP contribution in [0, 0.1) is 0 Å². The summed E-state index contributed by atoms with van der Waals surface area (Å²) < 4.78 is 0. The molecule has 0 aromatic heterocycles. The van der Waals surface area contributed by atoms with Gasteiger partial charge in [0, 0.05) is 10.1 Å². The average molecular weight is 138 g/mol. The summed E-state index contributed by atoms with van der Waals surface area (Å²) in [4.78, 5) is 4.07. The summed E-state index contributed by atoms with van der Waals surface area (Å²) in [5.74, 6) is 0. The van der Waals surface area contributed by atoms with Gasteiger partial charge in [0.1, 0.15) is 6.26 Å². The van der Waals surface area contributed by atoms with Gasteiger partial charge in [-0.1, -0.05) is 0 Å². The van der Waals surface area contributed by atoms with Gasteiger partial charge in [0.15, 0.2) is 0 Å². The second kappa shape index (κ2) is 7.34. The van der Waals surface area contributed by atoms with Gasteiger partial charge in [-0.05, 0) is 23.1 Å². The number of hydrogen-bond acceptors (Lipinski definition) is 6. The van der Waals surface area contributed by atoms with E-state index in [1.54, 1.807) is 13.0 Å². The van der Waals surface area contributed by atoms with E-state index in [1.807, 2.05) is 0 Å². The Morgan fingerprint density at radius 3 is 2.56 bits per heavy atom. The molecule has 9 heavy (non-hydrogen) atoms. The lowest BCUT2D eigenvalue weighted by Crippen LogP contribution is -1.93. The van der Waals surface area contributed by atoms with Gasteiger partial charge in [0.05, 0.1) is 0 Å². The van der Waals surface area contributed by atoms with Crippen LogP contribution in [-0.2, 0) is 25.0 Å². The predicted octanol–water partition coefficient (Wildman–Crippen LogP) is 0.736. The van der Waals surface area contributed by atoms with Crippen LogP contribution in [0.2, 0.25) is 0 Å². The Balaban J connectivity index is 2.75. The topological polar surface area (TPSA) is 66.4 Å². The first kappa shape index (κ1) is 8.34. The molecule has 0 aliphatic carbocycles. The second-order valence-corrected chi connectivity index (χ2v) is 0.844. The monoisotopic (exact) mass is 138 g/mol. The zero-order valence-electron chi connectivity index (χ0n) is 4.64. The third kappa shape index (κ3) is 7.34. The molecular formula is C3H6O6. The molecule has 0 saturated carbocycles. The molecule has 0 saturated heterocycles. The Morgan fingerprint density at radius 1 is 1.22 bits per heavy atom. The lowest BCUT2D eigenvalue weighted by molar-refractivity contribution is -0.747. The third-order valence-corrected chi connectivity index (χ3v) is 0.317. The van der Waals surface area contributed by atoms with Crippen molar-refractivity contribution in [1.82, 2.24) is 0 Å². The van der Waals surface area contributed by atoms with Crippen molar-refractivity contribution >= 4 is 0 Å². The SMILES string of the molecule is C/C=C/OOOOOO. The lowest BCUT2D eigenvalue weighted by Gasteiger charge is -1.92. The molecule has 0 aromatic carbocycles. The molecule has 0 aliphatic rings. The molecule has 0 unspecified atom stereocenters. The van der Waals surface area contributed by atoms with Crippen molar-refractivity contribution in [1.29, 1.82) is 0 Å². The van der Waals surface area contributed by atoms with Gasteiger partial charge in [-0.25, -0.2) is 5.26 Å². The van der Waals surface area contributed by atoms with Gasteiger partial charge in [-0.2, -0.15) is 0 Å². The van der Waals surface area contributed by atoms with E-state index in [1.165, 1.54) is 6.26 Å². The van der Waals surface area contributed by atoms with E-state index in [0.29, 0.717) is 0 Å². The van der Waals surface area contributed by atoms with E-state index in [2.05, 4.69) is 25.0 Å². The molecule has 1 N–H and O–H groups in total. The van der Waals surface area contributed by atoms with E-state index in [9.17, 15) is 0 Å². The van der Waals surface area contributed by atoms with E-state index >= 15 is 0 Å². The van der Waals surface area contributed by atoms with Gasteiger partial charge in [0.2, 0.25) is 0 Å². The van der Waals surface area contributed by atoms with E-state index in [4.69, 9.17) is 5.26 Å². The normalized spacial score (nSPS) is 10.4. The molecule has 0 atom stereocenters. The van der Waals surface area contributed by atoms with Crippen LogP contribution in [0.1, 0.15) is 6.92 Å². The van der Waals surface area contributed by atoms with Crippen LogP contribution < -0.4 is 0 Å². The first-order chi connectivity index (χ1) is 4.41. The summed E-state index contributed by atoms with van der Waals surface area (Å²) in [6.45, 7) is 1.70. The summed E-state index contributed by atoms with van der Waals surface area (Å²) in [7, 11) is 0. The fourth-order valence-electron chi connectivity index (χ4n) is 0.118. The van der Waals surface area contributed by atoms with Crippen molar-refractivity contribution in [2.24, 2.45) is 0 Å². The first-order valence-corrected chi connectivity index (χ1v) is 2.00. The Kier molecular flexibility index (Phi) is 6.80. The van der Waals surface area contributed by atoms with Crippen LogP contribution in [0.15, 0.2) is 12.3 Å². The minimum atomic E-state index is 1.18. The standard InChI is InChI=1S/C3H6O6/c1-2-3-5-7-9-8-6-4/h2-4H,1H3/b3-2+. The number of hydrogen-bond donors (Lipinski definition) is 1. The predicted molar refractivity (Wildman–Crippen MR) is 22.9 cm³/mol. The van der Waals surface area contributed by atoms with Crippen molar-refractivity contribution in [3.8, 4) is 0 Å². The third-order valence-electron chi connectivity index (χ3n) is 0.317. The summed E-state index contributed by atoms with van der Waals surface area (Å²) >= 11 is 0. The molecule has 0 radical (unpaired) electrons. The van der Waals surface area contributed by atoms with Crippen LogP contribution in [0.4, 0.5) is 0 Å². The summed E-state index contributed by atoms with van der Waals surface area (Å²) in [6.07, 6.45) is 2.73. The second-order valence-electron chi connectivity index (χ2n) is 0.844. The molecule has 0 aromatic rings. The molecule has 0 spiro atoms. The van der Waals surface area contributed by atoms with Gasteiger partial charge >= 0.3 is 0 Å². The maximum absolute atomic E-state index is 7.42. The molecule has 0 aliphatic heterocycles. The van der Waals surface area contributed by atoms with Gasteiger partial charge < -0.3 is 4.89 Å². The van der Waals surface area contributed by atoms with Crippen LogP contribution in [0.3, 0.4) is 0 Å². The van der Waals surface area contributed by atoms with Crippen molar-refractivity contribution in [3.05, 3.63) is 12.3 Å². The van der Waals surface area contributed by atoms with E-state index in [0.717, 1.165) is 0 Å². The molecular weight excluding hydrogens is 132 g/mol. The highest BCUT2D eigenvalue weighted by molar-refractivity contribution is 4.62. The largest absolute Gasteiger partial charge is 0.314 e. The molecule has 0 rings (SSSR count). The maximum atomic E-state index is 7.42. The van der Waals surface area contributed by atoms with Crippen molar-refractivity contribution in [3.63, 3.8) is 0 Å². The fraction of sp³-hybridized carbons (Fsp3) is 0.333. The molecule has 0 heterocycles. The molecule has 0 fully saturated rings. The molecule has 0 amide bonds. The van der Waals surface area contributed by atoms with Gasteiger partial charge in [-0.15, -0.1) is 0 Å². The zero-order chi connectivity index (χ0) is 6.95. The zero-order valence-corrected chi connectivity index (χ0v) is 4.64. The number of rotatable bonds is 5. The Morgan fingerprint density at radius 2 is 2.00 bits per heavy atom. The molecule has 6 heteroatoms. The highest BCUT2D eigenvalue weighted by Gasteiger charge is 1.83. The van der Waals surface area contributed by atoms with Crippen molar-refractivity contribution in [2.75, 3.05) is 0 Å². The molecule has 54 valence electrons. The summed E-state index contributed by atoms with van der Waals surface area (Å²) in [5.41, 5.74) is 0. The smallest absolute Gasteiger partial charge is 0.128 e. The summed E-state index contributed by atoms with van der Waals surface area (Å²) in [5, 5.41) is 21.0. The molecule has 6 nitrogen and oxygen atoms in total. The van der Waals surface area contributed by atoms with Crippen molar-refractivity contribution in [2.45, 2.75) is 6.92 Å². The van der Waals surface area contributed by atoms with Crippen LogP contribution in [-0.4, -0.2) is 5.26 Å². The van der Waals surface area contributed by atoms with Crippen LogP contribution >= 0.6 is 0 Å². The fourth-order valence-corrected chi connectivity index (χ4v) is 0.118. The quantitative estimate of drug-likeness (QED) is 0.261. The molecule has 0 bridgehead atoms. The highest BCUT2D eigenvalue weighted by atomic mass is 17.8. The number of allylic oxidation sites excluding steroid dienone is 1. The first-order valence-electron chi connectivity index (χ1n) is 2.00. The van der Waals surface area contributed by atoms with Crippen molar-refractivity contribution < 1.29 is 30.3 Å². The highest BCUT2D eigenvalue weighted by Crippen LogP contribution is 1.83. The van der Waals surface area contributed by atoms with E-state index in [-0.39, 0.29) is 0 Å². The van der Waals surface area contributed by atoms with Crippen LogP contribution in [0.25, 0.3) is 0 Å².